The van der Waals surface area contributed by atoms with Crippen molar-refractivity contribution in [1.82, 2.24) is 15.3 Å². The third-order valence-electron chi connectivity index (χ3n) is 4.80. The van der Waals surface area contributed by atoms with Crippen LogP contribution in [0, 0.1) is 12.7 Å². The lowest BCUT2D eigenvalue weighted by Crippen LogP contribution is -2.22. The van der Waals surface area contributed by atoms with Gasteiger partial charge in [-0.25, -0.2) is 14.4 Å². The number of nitrogens with one attached hydrogen (secondary N) is 1. The van der Waals surface area contributed by atoms with Gasteiger partial charge in [-0.15, -0.1) is 11.3 Å². The Kier molecular flexibility index (Phi) is 6.87. The Labute approximate surface area is 189 Å². The van der Waals surface area contributed by atoms with Crippen LogP contribution in [0.1, 0.15) is 37.1 Å². The minimum atomic E-state index is -0.270. The largest absolute Gasteiger partial charge is 0.473 e. The lowest BCUT2D eigenvalue weighted by atomic mass is 10.1. The maximum Gasteiger partial charge on any atom is 0.263 e. The number of hydrogen-bond acceptors (Lipinski definition) is 5. The summed E-state index contributed by atoms with van der Waals surface area (Å²) in [5, 5.41) is 3.76. The molecule has 1 amide bonds. The summed E-state index contributed by atoms with van der Waals surface area (Å²) in [5.41, 5.74) is 3.59. The number of ether oxygens (including phenoxy) is 1. The first kappa shape index (κ1) is 21.6. The van der Waals surface area contributed by atoms with Crippen molar-refractivity contribution < 1.29 is 13.9 Å². The minimum absolute atomic E-state index is 0.172. The number of benzene rings is 2. The summed E-state index contributed by atoms with van der Waals surface area (Å²) in [5.74, 6) is 0.0685. The molecule has 4 rings (SSSR count). The van der Waals surface area contributed by atoms with Gasteiger partial charge in [0.1, 0.15) is 17.3 Å². The molecule has 1 N–H and O–H groups in total. The quantitative estimate of drug-likeness (QED) is 0.409. The minimum Gasteiger partial charge on any atom is -0.473 e. The van der Waals surface area contributed by atoms with Gasteiger partial charge in [0, 0.05) is 25.2 Å². The average Bonchev–Trinajstić information content (AvgIpc) is 3.18. The van der Waals surface area contributed by atoms with Crippen LogP contribution in [0.25, 0.3) is 0 Å². The smallest absolute Gasteiger partial charge is 0.263 e. The van der Waals surface area contributed by atoms with Crippen molar-refractivity contribution in [2.24, 2.45) is 0 Å². The molecule has 0 aliphatic carbocycles. The van der Waals surface area contributed by atoms with Crippen LogP contribution in [-0.4, -0.2) is 15.9 Å². The number of carbonyl (C=O) groups excluding carboxylic acids is 1. The number of amides is 1. The average molecular weight is 448 g/mol. The van der Waals surface area contributed by atoms with Crippen LogP contribution in [0.4, 0.5) is 4.39 Å². The van der Waals surface area contributed by atoms with E-state index in [4.69, 9.17) is 4.74 Å². The topological polar surface area (TPSA) is 64.1 Å². The molecule has 0 unspecified atom stereocenters. The number of pyridine rings is 1. The molecule has 4 aromatic rings. The SMILES string of the molecule is Cc1nc(Cc2ccc(F)cc2)sc1C(=O)NCc1ccnc(OCc2ccccc2)c1. The summed E-state index contributed by atoms with van der Waals surface area (Å²) in [6.07, 6.45) is 2.23. The van der Waals surface area contributed by atoms with Crippen LogP contribution in [0.5, 0.6) is 5.88 Å². The molecule has 2 aromatic carbocycles. The van der Waals surface area contributed by atoms with E-state index in [1.165, 1.54) is 23.5 Å². The fraction of sp³-hybridized carbons (Fsp3) is 0.160. The van der Waals surface area contributed by atoms with E-state index in [9.17, 15) is 9.18 Å². The van der Waals surface area contributed by atoms with Gasteiger partial charge in [-0.3, -0.25) is 4.79 Å². The fourth-order valence-electron chi connectivity index (χ4n) is 3.15. The summed E-state index contributed by atoms with van der Waals surface area (Å²) < 4.78 is 18.8. The van der Waals surface area contributed by atoms with Gasteiger partial charge in [0.05, 0.1) is 10.7 Å². The normalized spacial score (nSPS) is 10.7. The fourth-order valence-corrected chi connectivity index (χ4v) is 4.16. The molecule has 2 aromatic heterocycles. The summed E-state index contributed by atoms with van der Waals surface area (Å²) in [7, 11) is 0. The highest BCUT2D eigenvalue weighted by atomic mass is 32.1. The van der Waals surface area contributed by atoms with Crippen LogP contribution in [-0.2, 0) is 19.6 Å². The van der Waals surface area contributed by atoms with Gasteiger partial charge in [0.25, 0.3) is 5.91 Å². The zero-order valence-electron chi connectivity index (χ0n) is 17.5. The predicted molar refractivity (Wildman–Crippen MR) is 122 cm³/mol. The van der Waals surface area contributed by atoms with Gasteiger partial charge < -0.3 is 10.1 Å². The second-order valence-electron chi connectivity index (χ2n) is 7.28. The Morgan fingerprint density at radius 2 is 1.81 bits per heavy atom. The number of nitrogens with zero attached hydrogens (tertiary/aromatic N) is 2. The Hall–Kier alpha value is -3.58. The summed E-state index contributed by atoms with van der Waals surface area (Å²) in [6.45, 7) is 2.61. The summed E-state index contributed by atoms with van der Waals surface area (Å²) in [6, 6.07) is 19.8. The standard InChI is InChI=1S/C25H22FN3O2S/c1-17-24(32-23(29-17)14-18-7-9-21(26)10-8-18)25(30)28-15-20-11-12-27-22(13-20)31-16-19-5-3-2-4-6-19/h2-13H,14-16H2,1H3,(H,28,30). The van der Waals surface area contributed by atoms with E-state index in [2.05, 4.69) is 15.3 Å². The summed E-state index contributed by atoms with van der Waals surface area (Å²) in [4.78, 5) is 22.0. The van der Waals surface area contributed by atoms with E-state index in [0.717, 1.165) is 21.7 Å². The molecule has 0 saturated heterocycles. The van der Waals surface area contributed by atoms with Crippen molar-refractivity contribution in [3.05, 3.63) is 111 Å². The number of thiazole rings is 1. The molecule has 0 aliphatic rings. The monoisotopic (exact) mass is 447 g/mol. The van der Waals surface area contributed by atoms with Crippen LogP contribution in [0.2, 0.25) is 0 Å². The number of rotatable bonds is 8. The Morgan fingerprint density at radius 3 is 2.59 bits per heavy atom. The second kappa shape index (κ2) is 10.2. The van der Waals surface area contributed by atoms with E-state index in [1.54, 1.807) is 18.3 Å². The van der Waals surface area contributed by atoms with Gasteiger partial charge in [-0.1, -0.05) is 42.5 Å². The van der Waals surface area contributed by atoms with Gasteiger partial charge in [0.15, 0.2) is 0 Å². The van der Waals surface area contributed by atoms with Crippen molar-refractivity contribution in [3.8, 4) is 5.88 Å². The van der Waals surface area contributed by atoms with E-state index >= 15 is 0 Å². The highest BCUT2D eigenvalue weighted by Crippen LogP contribution is 2.21. The Bertz CT molecular complexity index is 1190. The lowest BCUT2D eigenvalue weighted by Gasteiger charge is -2.08. The molecule has 0 aliphatic heterocycles. The first-order chi connectivity index (χ1) is 15.6. The molecule has 162 valence electrons. The maximum atomic E-state index is 13.1. The van der Waals surface area contributed by atoms with Crippen molar-refractivity contribution in [3.63, 3.8) is 0 Å². The molecular formula is C25H22FN3O2S. The van der Waals surface area contributed by atoms with Crippen LogP contribution >= 0.6 is 11.3 Å². The zero-order valence-corrected chi connectivity index (χ0v) is 18.4. The number of aromatic nitrogens is 2. The third kappa shape index (κ3) is 5.76. The molecule has 0 saturated carbocycles. The molecule has 0 radical (unpaired) electrons. The molecule has 0 atom stereocenters. The van der Waals surface area contributed by atoms with Crippen LogP contribution in [0.15, 0.2) is 72.9 Å². The zero-order chi connectivity index (χ0) is 22.3. The molecule has 0 bridgehead atoms. The highest BCUT2D eigenvalue weighted by Gasteiger charge is 2.15. The van der Waals surface area contributed by atoms with Gasteiger partial charge in [-0.2, -0.15) is 0 Å². The van der Waals surface area contributed by atoms with E-state index in [0.29, 0.717) is 36.0 Å². The molecule has 0 spiro atoms. The number of hydrogen-bond donors (Lipinski definition) is 1. The Balaban J connectivity index is 1.34. The first-order valence-corrected chi connectivity index (χ1v) is 11.0. The van der Waals surface area contributed by atoms with Crippen molar-refractivity contribution >= 4 is 17.2 Å². The van der Waals surface area contributed by atoms with Gasteiger partial charge in [-0.05, 0) is 41.8 Å². The molecule has 7 heteroatoms. The predicted octanol–water partition coefficient (Wildman–Crippen LogP) is 5.09. The second-order valence-corrected chi connectivity index (χ2v) is 8.37. The Morgan fingerprint density at radius 1 is 1.03 bits per heavy atom. The number of carbonyl (C=O) groups is 1. The van der Waals surface area contributed by atoms with Crippen molar-refractivity contribution in [2.75, 3.05) is 0 Å². The van der Waals surface area contributed by atoms with Crippen molar-refractivity contribution in [2.45, 2.75) is 26.5 Å². The number of halogens is 1. The van der Waals surface area contributed by atoms with E-state index in [-0.39, 0.29) is 11.7 Å². The van der Waals surface area contributed by atoms with Crippen LogP contribution in [0.3, 0.4) is 0 Å². The van der Waals surface area contributed by atoms with E-state index < -0.39 is 0 Å². The van der Waals surface area contributed by atoms with E-state index in [1.807, 2.05) is 49.4 Å². The first-order valence-electron chi connectivity index (χ1n) is 10.2. The van der Waals surface area contributed by atoms with Gasteiger partial charge >= 0.3 is 0 Å². The molecule has 32 heavy (non-hydrogen) atoms. The molecule has 5 nitrogen and oxygen atoms in total. The lowest BCUT2D eigenvalue weighted by molar-refractivity contribution is 0.0954. The van der Waals surface area contributed by atoms with Crippen molar-refractivity contribution in [1.29, 1.82) is 0 Å². The maximum absolute atomic E-state index is 13.1. The molecular weight excluding hydrogens is 425 g/mol. The third-order valence-corrected chi connectivity index (χ3v) is 5.95. The van der Waals surface area contributed by atoms with Crippen LogP contribution < -0.4 is 10.1 Å². The number of aryl methyl sites for hydroxylation is 1. The molecule has 2 heterocycles. The summed E-state index contributed by atoms with van der Waals surface area (Å²) >= 11 is 1.36. The molecule has 0 fully saturated rings. The van der Waals surface area contributed by atoms with Gasteiger partial charge in [0.2, 0.25) is 5.88 Å². The highest BCUT2D eigenvalue weighted by molar-refractivity contribution is 7.13.